The fourth-order valence-corrected chi connectivity index (χ4v) is 9.09. The van der Waals surface area contributed by atoms with Crippen molar-refractivity contribution < 1.29 is 9.53 Å². The smallest absolute Gasteiger partial charge is 0.320 e. The van der Waals surface area contributed by atoms with E-state index >= 15 is 0 Å². The zero-order valence-corrected chi connectivity index (χ0v) is 25.0. The molecule has 4 rings (SSSR count). The van der Waals surface area contributed by atoms with Crippen LogP contribution in [-0.4, -0.2) is 16.9 Å². The van der Waals surface area contributed by atoms with Gasteiger partial charge in [0.25, 0.3) is 0 Å². The molecule has 0 radical (unpaired) electrons. The molecule has 0 heterocycles. The van der Waals surface area contributed by atoms with E-state index in [-0.39, 0.29) is 22.8 Å². The molecule has 3 heteroatoms. The number of carbonyl (C=O) groups is 1. The molecular formula is C32H53BrO2. The normalized spacial score (nSPS) is 39.4. The van der Waals surface area contributed by atoms with Gasteiger partial charge in [-0.15, -0.1) is 0 Å². The van der Waals surface area contributed by atoms with Gasteiger partial charge in [-0.2, -0.15) is 0 Å². The minimum atomic E-state index is -0.191. The van der Waals surface area contributed by atoms with Crippen molar-refractivity contribution in [2.24, 2.45) is 40.4 Å². The predicted molar refractivity (Wildman–Crippen MR) is 151 cm³/mol. The van der Waals surface area contributed by atoms with Gasteiger partial charge in [-0.3, -0.25) is 4.79 Å². The van der Waals surface area contributed by atoms with Crippen LogP contribution in [0.5, 0.6) is 0 Å². The Kier molecular flexibility index (Phi) is 9.19. The molecule has 5 unspecified atom stereocenters. The van der Waals surface area contributed by atoms with Gasteiger partial charge in [0.2, 0.25) is 0 Å². The van der Waals surface area contributed by atoms with Crippen LogP contribution >= 0.6 is 15.9 Å². The van der Waals surface area contributed by atoms with Gasteiger partial charge in [0.05, 0.1) is 0 Å². The minimum Gasteiger partial charge on any atom is -0.461 e. The highest BCUT2D eigenvalue weighted by Crippen LogP contribution is 2.66. The number of hydrogen-bond acceptors (Lipinski definition) is 2. The van der Waals surface area contributed by atoms with Crippen LogP contribution < -0.4 is 0 Å². The van der Waals surface area contributed by atoms with Crippen molar-refractivity contribution in [3.05, 3.63) is 11.6 Å². The topological polar surface area (TPSA) is 26.3 Å². The average Bonchev–Trinajstić information content (AvgIpc) is 3.17. The van der Waals surface area contributed by atoms with Crippen LogP contribution in [0.4, 0.5) is 0 Å². The third kappa shape index (κ3) is 5.61. The fourth-order valence-electron chi connectivity index (χ4n) is 8.98. The van der Waals surface area contributed by atoms with Gasteiger partial charge >= 0.3 is 5.97 Å². The highest BCUT2D eigenvalue weighted by Gasteiger charge is 2.58. The minimum absolute atomic E-state index is 0.0687. The highest BCUT2D eigenvalue weighted by atomic mass is 79.9. The number of rotatable bonds is 10. The summed E-state index contributed by atoms with van der Waals surface area (Å²) < 4.78 is 5.99. The van der Waals surface area contributed by atoms with E-state index in [0.717, 1.165) is 36.5 Å². The number of halogens is 1. The molecule has 0 aromatic carbocycles. The predicted octanol–water partition coefficient (Wildman–Crippen LogP) is 9.65. The largest absolute Gasteiger partial charge is 0.461 e. The second-order valence-electron chi connectivity index (χ2n) is 13.6. The van der Waals surface area contributed by atoms with E-state index in [0.29, 0.717) is 10.8 Å². The monoisotopic (exact) mass is 548 g/mol. The van der Waals surface area contributed by atoms with Crippen LogP contribution in [0.2, 0.25) is 0 Å². The number of ether oxygens (including phenoxy) is 1. The molecule has 0 aromatic heterocycles. The third-order valence-corrected chi connectivity index (χ3v) is 12.7. The molecule has 0 amide bonds. The van der Waals surface area contributed by atoms with Crippen LogP contribution in [0.3, 0.4) is 0 Å². The maximum atomic E-state index is 12.6. The second kappa shape index (κ2) is 11.6. The number of hydrogen-bond donors (Lipinski definition) is 0. The van der Waals surface area contributed by atoms with E-state index < -0.39 is 0 Å². The molecule has 3 fully saturated rings. The van der Waals surface area contributed by atoms with Gasteiger partial charge in [0.1, 0.15) is 10.9 Å². The molecule has 4 aliphatic carbocycles. The lowest BCUT2D eigenvalue weighted by molar-refractivity contribution is -0.151. The van der Waals surface area contributed by atoms with Gasteiger partial charge in [0.15, 0.2) is 0 Å². The number of carbonyl (C=O) groups excluding carboxylic acids is 1. The molecule has 4 aliphatic rings. The molecule has 0 aliphatic heterocycles. The first-order valence-corrected chi connectivity index (χ1v) is 16.2. The summed E-state index contributed by atoms with van der Waals surface area (Å²) in [5, 5.41) is 0. The molecule has 8 atom stereocenters. The zero-order valence-electron chi connectivity index (χ0n) is 23.4. The third-order valence-electron chi connectivity index (χ3n) is 11.3. The van der Waals surface area contributed by atoms with Gasteiger partial charge < -0.3 is 4.74 Å². The van der Waals surface area contributed by atoms with Gasteiger partial charge in [0, 0.05) is 6.42 Å². The van der Waals surface area contributed by atoms with Crippen LogP contribution in [0.15, 0.2) is 11.6 Å². The molecule has 0 bridgehead atoms. The van der Waals surface area contributed by atoms with E-state index in [1.165, 1.54) is 83.5 Å². The summed E-state index contributed by atoms with van der Waals surface area (Å²) in [4.78, 5) is 12.4. The van der Waals surface area contributed by atoms with Gasteiger partial charge in [-0.1, -0.05) is 101 Å². The SMILES string of the molecule is CCCCCCCCC1CCC2C3CC=C4C[C@@H](OC(=O)C(Br)C(C)C)CC[C@]4(C)C3CC[C@]12C. The summed E-state index contributed by atoms with van der Waals surface area (Å²) in [6.07, 6.45) is 23.0. The molecule has 35 heavy (non-hydrogen) atoms. The van der Waals surface area contributed by atoms with Gasteiger partial charge in [-0.05, 0) is 91.8 Å². The lowest BCUT2D eigenvalue weighted by Crippen LogP contribution is -2.50. The summed E-state index contributed by atoms with van der Waals surface area (Å²) in [5.41, 5.74) is 2.53. The lowest BCUT2D eigenvalue weighted by Gasteiger charge is -2.58. The number of esters is 1. The average molecular weight is 550 g/mol. The number of unbranched alkanes of at least 4 members (excludes halogenated alkanes) is 5. The maximum Gasteiger partial charge on any atom is 0.320 e. The van der Waals surface area contributed by atoms with Crippen molar-refractivity contribution in [2.75, 3.05) is 0 Å². The van der Waals surface area contributed by atoms with Crippen molar-refractivity contribution in [3.8, 4) is 0 Å². The summed E-state index contributed by atoms with van der Waals surface area (Å²) in [7, 11) is 0. The molecule has 0 spiro atoms. The molecule has 0 saturated heterocycles. The summed E-state index contributed by atoms with van der Waals surface area (Å²) in [5.74, 6) is 3.80. The molecule has 0 N–H and O–H groups in total. The van der Waals surface area contributed by atoms with E-state index in [2.05, 4.69) is 56.6 Å². The lowest BCUT2D eigenvalue weighted by atomic mass is 9.47. The Balaban J connectivity index is 1.36. The van der Waals surface area contributed by atoms with Crippen molar-refractivity contribution >= 4 is 21.9 Å². The van der Waals surface area contributed by atoms with Gasteiger partial charge in [-0.25, -0.2) is 0 Å². The Bertz CT molecular complexity index is 759. The van der Waals surface area contributed by atoms with Crippen molar-refractivity contribution in [1.29, 1.82) is 0 Å². The summed E-state index contributed by atoms with van der Waals surface area (Å²) in [6, 6.07) is 0. The Morgan fingerprint density at radius 3 is 2.51 bits per heavy atom. The van der Waals surface area contributed by atoms with Crippen LogP contribution in [0, 0.1) is 40.4 Å². The maximum absolute atomic E-state index is 12.6. The Morgan fingerprint density at radius 1 is 1.03 bits per heavy atom. The summed E-state index contributed by atoms with van der Waals surface area (Å²) in [6.45, 7) is 11.7. The summed E-state index contributed by atoms with van der Waals surface area (Å²) >= 11 is 3.54. The first kappa shape index (κ1) is 27.7. The van der Waals surface area contributed by atoms with Crippen LogP contribution in [0.25, 0.3) is 0 Å². The molecule has 200 valence electrons. The Labute approximate surface area is 224 Å². The van der Waals surface area contributed by atoms with Crippen LogP contribution in [-0.2, 0) is 9.53 Å². The first-order chi connectivity index (χ1) is 16.7. The standard InChI is InChI=1S/C32H53BrO2/c1-6-7-8-9-10-11-12-23-14-16-27-26-15-13-24-21-25(35-30(34)29(33)22(2)3)17-19-32(24,5)28(26)18-20-31(23,27)4/h13,22-23,25-29H,6-12,14-21H2,1-5H3/t23?,25-,26?,27?,28?,29?,31+,32-/m0/s1. The number of alkyl halides is 1. The molecular weight excluding hydrogens is 496 g/mol. The van der Waals surface area contributed by atoms with Crippen LogP contribution in [0.1, 0.15) is 131 Å². The van der Waals surface area contributed by atoms with E-state index in [1.54, 1.807) is 5.57 Å². The van der Waals surface area contributed by atoms with Crippen molar-refractivity contribution in [3.63, 3.8) is 0 Å². The first-order valence-electron chi connectivity index (χ1n) is 15.2. The Hall–Kier alpha value is -0.310. The van der Waals surface area contributed by atoms with Crippen molar-refractivity contribution in [2.45, 2.75) is 142 Å². The quantitative estimate of drug-likeness (QED) is 0.117. The molecule has 3 saturated carbocycles. The van der Waals surface area contributed by atoms with Crippen molar-refractivity contribution in [1.82, 2.24) is 0 Å². The Morgan fingerprint density at radius 2 is 1.77 bits per heavy atom. The number of fused-ring (bicyclic) bond motifs is 5. The fraction of sp³-hybridized carbons (Fsp3) is 0.906. The highest BCUT2D eigenvalue weighted by molar-refractivity contribution is 9.10. The van der Waals surface area contributed by atoms with E-state index in [9.17, 15) is 4.79 Å². The van der Waals surface area contributed by atoms with E-state index in [4.69, 9.17) is 4.74 Å². The number of allylic oxidation sites excluding steroid dienone is 1. The second-order valence-corrected chi connectivity index (χ2v) is 14.6. The molecule has 2 nitrogen and oxygen atoms in total. The zero-order chi connectivity index (χ0) is 25.2. The molecule has 0 aromatic rings. The van der Waals surface area contributed by atoms with E-state index in [1.807, 2.05) is 0 Å².